The maximum absolute atomic E-state index is 6.38. The van der Waals surface area contributed by atoms with E-state index < -0.39 is 0 Å². The van der Waals surface area contributed by atoms with E-state index in [4.69, 9.17) is 11.6 Å². The summed E-state index contributed by atoms with van der Waals surface area (Å²) in [6, 6.07) is 10.2. The van der Waals surface area contributed by atoms with Crippen molar-refractivity contribution >= 4 is 27.5 Å². The molecule has 4 heteroatoms. The number of hydrogen-bond donors (Lipinski definition) is 0. The molecule has 0 aliphatic heterocycles. The molecule has 1 unspecified atom stereocenters. The standard InChI is InChI=1S/C13H14BrClN2/c1-17-13(11(14)9-16-17)8-7-12(15)10-5-3-2-4-6-10/h2-6,9,12H,7-8H2,1H3. The van der Waals surface area contributed by atoms with Crippen LogP contribution in [0.4, 0.5) is 0 Å². The average Bonchev–Trinajstić information content (AvgIpc) is 2.67. The highest BCUT2D eigenvalue weighted by Gasteiger charge is 2.11. The zero-order valence-electron chi connectivity index (χ0n) is 9.61. The van der Waals surface area contributed by atoms with E-state index >= 15 is 0 Å². The van der Waals surface area contributed by atoms with E-state index in [1.807, 2.05) is 36.1 Å². The first-order chi connectivity index (χ1) is 8.18. The topological polar surface area (TPSA) is 17.8 Å². The third-order valence-corrected chi connectivity index (χ3v) is 3.94. The number of hydrogen-bond acceptors (Lipinski definition) is 1. The molecule has 0 amide bonds. The van der Waals surface area contributed by atoms with Gasteiger partial charge in [-0.2, -0.15) is 5.10 Å². The van der Waals surface area contributed by atoms with Crippen LogP contribution in [0.2, 0.25) is 0 Å². The van der Waals surface area contributed by atoms with Crippen LogP contribution in [-0.4, -0.2) is 9.78 Å². The SMILES string of the molecule is Cn1ncc(Br)c1CCC(Cl)c1ccccc1. The highest BCUT2D eigenvalue weighted by molar-refractivity contribution is 9.10. The van der Waals surface area contributed by atoms with Gasteiger partial charge in [-0.3, -0.25) is 4.68 Å². The van der Waals surface area contributed by atoms with E-state index in [-0.39, 0.29) is 5.38 Å². The summed E-state index contributed by atoms with van der Waals surface area (Å²) in [5.41, 5.74) is 2.36. The molecule has 1 heterocycles. The molecule has 0 fully saturated rings. The lowest BCUT2D eigenvalue weighted by molar-refractivity contribution is 0.674. The van der Waals surface area contributed by atoms with Crippen LogP contribution in [0.25, 0.3) is 0 Å². The summed E-state index contributed by atoms with van der Waals surface area (Å²) in [6.45, 7) is 0. The van der Waals surface area contributed by atoms with Crippen molar-refractivity contribution in [2.75, 3.05) is 0 Å². The largest absolute Gasteiger partial charge is 0.271 e. The lowest BCUT2D eigenvalue weighted by atomic mass is 10.1. The summed E-state index contributed by atoms with van der Waals surface area (Å²) in [5.74, 6) is 0. The molecule has 0 aliphatic rings. The lowest BCUT2D eigenvalue weighted by Crippen LogP contribution is -2.01. The van der Waals surface area contributed by atoms with Crippen molar-refractivity contribution in [2.45, 2.75) is 18.2 Å². The van der Waals surface area contributed by atoms with E-state index in [1.165, 1.54) is 11.3 Å². The van der Waals surface area contributed by atoms with Gasteiger partial charge in [0.05, 0.1) is 21.7 Å². The van der Waals surface area contributed by atoms with Gasteiger partial charge in [-0.25, -0.2) is 0 Å². The predicted molar refractivity (Wildman–Crippen MR) is 74.3 cm³/mol. The number of aryl methyl sites for hydroxylation is 1. The first kappa shape index (κ1) is 12.7. The Hall–Kier alpha value is -0.800. The fourth-order valence-electron chi connectivity index (χ4n) is 1.81. The van der Waals surface area contributed by atoms with Gasteiger partial charge in [0.2, 0.25) is 0 Å². The van der Waals surface area contributed by atoms with E-state index in [1.54, 1.807) is 0 Å². The van der Waals surface area contributed by atoms with Crippen LogP contribution < -0.4 is 0 Å². The van der Waals surface area contributed by atoms with Gasteiger partial charge in [0.25, 0.3) is 0 Å². The van der Waals surface area contributed by atoms with Gasteiger partial charge >= 0.3 is 0 Å². The zero-order chi connectivity index (χ0) is 12.3. The maximum atomic E-state index is 6.38. The van der Waals surface area contributed by atoms with Gasteiger partial charge in [0, 0.05) is 7.05 Å². The minimum Gasteiger partial charge on any atom is -0.271 e. The van der Waals surface area contributed by atoms with Gasteiger partial charge < -0.3 is 0 Å². The molecular formula is C13H14BrClN2. The van der Waals surface area contributed by atoms with Crippen LogP contribution in [-0.2, 0) is 13.5 Å². The number of halogens is 2. The second-order valence-electron chi connectivity index (χ2n) is 3.98. The van der Waals surface area contributed by atoms with Crippen LogP contribution in [0, 0.1) is 0 Å². The fourth-order valence-corrected chi connectivity index (χ4v) is 2.61. The van der Waals surface area contributed by atoms with Gasteiger partial charge in [-0.05, 0) is 34.3 Å². The summed E-state index contributed by atoms with van der Waals surface area (Å²) in [7, 11) is 1.95. The van der Waals surface area contributed by atoms with Crippen LogP contribution >= 0.6 is 27.5 Å². The quantitative estimate of drug-likeness (QED) is 0.777. The molecule has 0 bridgehead atoms. The molecule has 1 aromatic heterocycles. The minimum absolute atomic E-state index is 0.0537. The number of benzene rings is 1. The monoisotopic (exact) mass is 312 g/mol. The fraction of sp³-hybridized carbons (Fsp3) is 0.308. The lowest BCUT2D eigenvalue weighted by Gasteiger charge is -2.10. The first-order valence-electron chi connectivity index (χ1n) is 5.54. The zero-order valence-corrected chi connectivity index (χ0v) is 11.9. The molecule has 0 N–H and O–H groups in total. The van der Waals surface area contributed by atoms with Crippen LogP contribution in [0.15, 0.2) is 41.0 Å². The number of aromatic nitrogens is 2. The second-order valence-corrected chi connectivity index (χ2v) is 5.36. The summed E-state index contributed by atoms with van der Waals surface area (Å²) in [5, 5.41) is 4.25. The molecule has 0 saturated heterocycles. The van der Waals surface area contributed by atoms with Crippen LogP contribution in [0.5, 0.6) is 0 Å². The van der Waals surface area contributed by atoms with Crippen molar-refractivity contribution in [3.8, 4) is 0 Å². The van der Waals surface area contributed by atoms with E-state index in [0.717, 1.165) is 17.3 Å². The molecule has 0 aliphatic carbocycles. The first-order valence-corrected chi connectivity index (χ1v) is 6.77. The average molecular weight is 314 g/mol. The van der Waals surface area contributed by atoms with Crippen molar-refractivity contribution in [1.82, 2.24) is 9.78 Å². The Morgan fingerprint density at radius 3 is 2.65 bits per heavy atom. The van der Waals surface area contributed by atoms with Crippen molar-refractivity contribution in [3.05, 3.63) is 52.3 Å². The summed E-state index contributed by atoms with van der Waals surface area (Å²) >= 11 is 9.88. The Morgan fingerprint density at radius 2 is 2.06 bits per heavy atom. The molecule has 0 saturated carbocycles. The molecule has 90 valence electrons. The Morgan fingerprint density at radius 1 is 1.35 bits per heavy atom. The molecule has 2 nitrogen and oxygen atoms in total. The normalized spacial score (nSPS) is 12.6. The predicted octanol–water partition coefficient (Wildman–Crippen LogP) is 4.10. The highest BCUT2D eigenvalue weighted by Crippen LogP contribution is 2.27. The Balaban J connectivity index is 1.99. The van der Waals surface area contributed by atoms with E-state index in [0.29, 0.717) is 0 Å². The van der Waals surface area contributed by atoms with Gasteiger partial charge in [0.1, 0.15) is 0 Å². The van der Waals surface area contributed by atoms with Crippen LogP contribution in [0.1, 0.15) is 23.1 Å². The van der Waals surface area contributed by atoms with Gasteiger partial charge in [-0.1, -0.05) is 30.3 Å². The van der Waals surface area contributed by atoms with Crippen LogP contribution in [0.3, 0.4) is 0 Å². The van der Waals surface area contributed by atoms with E-state index in [2.05, 4.69) is 33.2 Å². The number of nitrogens with zero attached hydrogens (tertiary/aromatic N) is 2. The summed E-state index contributed by atoms with van der Waals surface area (Å²) < 4.78 is 2.94. The molecule has 1 aromatic carbocycles. The number of rotatable bonds is 4. The summed E-state index contributed by atoms with van der Waals surface area (Å²) in [6.07, 6.45) is 3.64. The van der Waals surface area contributed by atoms with E-state index in [9.17, 15) is 0 Å². The smallest absolute Gasteiger partial charge is 0.0635 e. The second kappa shape index (κ2) is 5.69. The molecular weight excluding hydrogens is 300 g/mol. The molecule has 2 rings (SSSR count). The molecule has 17 heavy (non-hydrogen) atoms. The van der Waals surface area contributed by atoms with Crippen molar-refractivity contribution in [3.63, 3.8) is 0 Å². The Kier molecular flexibility index (Phi) is 4.24. The number of alkyl halides is 1. The van der Waals surface area contributed by atoms with Crippen molar-refractivity contribution in [1.29, 1.82) is 0 Å². The van der Waals surface area contributed by atoms with Crippen molar-refractivity contribution in [2.24, 2.45) is 7.05 Å². The molecule has 2 aromatic rings. The highest BCUT2D eigenvalue weighted by atomic mass is 79.9. The minimum atomic E-state index is 0.0537. The van der Waals surface area contributed by atoms with Gasteiger partial charge in [-0.15, -0.1) is 11.6 Å². The molecule has 0 radical (unpaired) electrons. The van der Waals surface area contributed by atoms with Gasteiger partial charge in [0.15, 0.2) is 0 Å². The Bertz CT molecular complexity index is 462. The molecule has 0 spiro atoms. The third-order valence-electron chi connectivity index (χ3n) is 2.81. The Labute approximate surface area is 115 Å². The van der Waals surface area contributed by atoms with Crippen molar-refractivity contribution < 1.29 is 0 Å². The molecule has 1 atom stereocenters. The third kappa shape index (κ3) is 3.11. The maximum Gasteiger partial charge on any atom is 0.0635 e. The summed E-state index contributed by atoms with van der Waals surface area (Å²) in [4.78, 5) is 0.